The van der Waals surface area contributed by atoms with Gasteiger partial charge in [0.1, 0.15) is 5.75 Å². The maximum Gasteiger partial charge on any atom is 0.115 e. The molecule has 1 aliphatic carbocycles. The molecule has 0 heterocycles. The summed E-state index contributed by atoms with van der Waals surface area (Å²) in [5.74, 6) is 1.08. The molecular weight excluding hydrogens is 224 g/mol. The molecule has 1 aliphatic rings. The molecule has 1 aromatic carbocycles. The van der Waals surface area contributed by atoms with Gasteiger partial charge < -0.3 is 10.2 Å². The quantitative estimate of drug-likeness (QED) is 0.801. The van der Waals surface area contributed by atoms with E-state index in [-0.39, 0.29) is 5.75 Å². The lowest BCUT2D eigenvalue weighted by molar-refractivity contribution is 0.0241. The first kappa shape index (κ1) is 13.4. The van der Waals surface area contributed by atoms with E-state index >= 15 is 0 Å². The van der Waals surface area contributed by atoms with Crippen LogP contribution in [0.15, 0.2) is 24.3 Å². The first-order chi connectivity index (χ1) is 8.61. The highest BCUT2D eigenvalue weighted by Crippen LogP contribution is 2.34. The van der Waals surface area contributed by atoms with Gasteiger partial charge in [-0.25, -0.2) is 0 Å². The van der Waals surface area contributed by atoms with Gasteiger partial charge in [-0.05, 0) is 42.9 Å². The van der Waals surface area contributed by atoms with Crippen LogP contribution in [0.3, 0.4) is 0 Å². The number of rotatable bonds is 3. The van der Waals surface area contributed by atoms with Gasteiger partial charge >= 0.3 is 0 Å². The van der Waals surface area contributed by atoms with Crippen molar-refractivity contribution in [3.05, 3.63) is 29.8 Å². The molecule has 2 nitrogen and oxygen atoms in total. The molecule has 0 radical (unpaired) electrons. The lowest BCUT2D eigenvalue weighted by Gasteiger charge is -2.27. The number of aromatic hydroxyl groups is 1. The van der Waals surface area contributed by atoms with Crippen molar-refractivity contribution in [2.45, 2.75) is 57.5 Å². The fourth-order valence-corrected chi connectivity index (χ4v) is 3.04. The summed E-state index contributed by atoms with van der Waals surface area (Å²) >= 11 is 0. The first-order valence-electron chi connectivity index (χ1n) is 7.11. The summed E-state index contributed by atoms with van der Waals surface area (Å²) in [6.07, 6.45) is 7.29. The Morgan fingerprint density at radius 3 is 2.56 bits per heavy atom. The molecule has 2 unspecified atom stereocenters. The fourth-order valence-electron chi connectivity index (χ4n) is 3.04. The van der Waals surface area contributed by atoms with Crippen molar-refractivity contribution in [3.8, 4) is 5.75 Å². The van der Waals surface area contributed by atoms with Gasteiger partial charge in [0, 0.05) is 6.42 Å². The molecule has 2 rings (SSSR count). The van der Waals surface area contributed by atoms with Crippen LogP contribution in [0.25, 0.3) is 0 Å². The van der Waals surface area contributed by atoms with E-state index in [1.165, 1.54) is 12.8 Å². The van der Waals surface area contributed by atoms with Crippen LogP contribution in [0.5, 0.6) is 5.75 Å². The second-order valence-electron chi connectivity index (χ2n) is 5.77. The predicted octanol–water partition coefficient (Wildman–Crippen LogP) is 3.66. The molecular formula is C16H24O2. The largest absolute Gasteiger partial charge is 0.508 e. The van der Waals surface area contributed by atoms with Crippen LogP contribution >= 0.6 is 0 Å². The fraction of sp³-hybridized carbons (Fsp3) is 0.625. The Kier molecular flexibility index (Phi) is 4.28. The molecule has 0 aliphatic heterocycles. The van der Waals surface area contributed by atoms with Crippen LogP contribution in [-0.4, -0.2) is 15.8 Å². The average Bonchev–Trinajstić information content (AvgIpc) is 2.54. The second-order valence-corrected chi connectivity index (χ2v) is 5.77. The SMILES string of the molecule is CCC1CCCC(O)(Cc2ccc(O)cc2)CC1. The van der Waals surface area contributed by atoms with E-state index in [0.717, 1.165) is 37.2 Å². The predicted molar refractivity (Wildman–Crippen MR) is 73.6 cm³/mol. The topological polar surface area (TPSA) is 40.5 Å². The van der Waals surface area contributed by atoms with Crippen LogP contribution in [0.4, 0.5) is 0 Å². The summed E-state index contributed by atoms with van der Waals surface area (Å²) in [6, 6.07) is 7.22. The molecule has 2 N–H and O–H groups in total. The van der Waals surface area contributed by atoms with E-state index in [1.807, 2.05) is 12.1 Å². The zero-order chi connectivity index (χ0) is 13.0. The molecule has 2 heteroatoms. The van der Waals surface area contributed by atoms with Gasteiger partial charge in [0.25, 0.3) is 0 Å². The lowest BCUT2D eigenvalue weighted by atomic mass is 9.87. The molecule has 1 saturated carbocycles. The normalized spacial score (nSPS) is 28.9. The maximum atomic E-state index is 10.7. The number of benzene rings is 1. The first-order valence-corrected chi connectivity index (χ1v) is 7.11. The highest BCUT2D eigenvalue weighted by molar-refractivity contribution is 5.26. The summed E-state index contributed by atoms with van der Waals surface area (Å²) in [6.45, 7) is 2.25. The molecule has 0 saturated heterocycles. The van der Waals surface area contributed by atoms with E-state index < -0.39 is 5.60 Å². The summed E-state index contributed by atoms with van der Waals surface area (Å²) in [4.78, 5) is 0. The van der Waals surface area contributed by atoms with Crippen molar-refractivity contribution in [2.24, 2.45) is 5.92 Å². The van der Waals surface area contributed by atoms with Crippen LogP contribution in [-0.2, 0) is 6.42 Å². The van der Waals surface area contributed by atoms with E-state index in [2.05, 4.69) is 6.92 Å². The number of phenols is 1. The van der Waals surface area contributed by atoms with Gasteiger partial charge in [0.05, 0.1) is 5.60 Å². The minimum atomic E-state index is -0.541. The van der Waals surface area contributed by atoms with Gasteiger partial charge in [-0.15, -0.1) is 0 Å². The van der Waals surface area contributed by atoms with Crippen LogP contribution in [0.2, 0.25) is 0 Å². The molecule has 0 amide bonds. The Morgan fingerprint density at radius 1 is 1.17 bits per heavy atom. The van der Waals surface area contributed by atoms with E-state index in [1.54, 1.807) is 12.1 Å². The Bertz CT molecular complexity index is 371. The van der Waals surface area contributed by atoms with Crippen LogP contribution < -0.4 is 0 Å². The van der Waals surface area contributed by atoms with Crippen LogP contribution in [0, 0.1) is 5.92 Å². The van der Waals surface area contributed by atoms with Gasteiger partial charge in [0.15, 0.2) is 0 Å². The summed E-state index contributed by atoms with van der Waals surface area (Å²) in [7, 11) is 0. The van der Waals surface area contributed by atoms with Crippen molar-refractivity contribution in [1.82, 2.24) is 0 Å². The smallest absolute Gasteiger partial charge is 0.115 e. The second kappa shape index (κ2) is 5.75. The molecule has 1 aromatic rings. The summed E-state index contributed by atoms with van der Waals surface area (Å²) in [5.41, 5.74) is 0.575. The lowest BCUT2D eigenvalue weighted by Crippen LogP contribution is -2.30. The van der Waals surface area contributed by atoms with Gasteiger partial charge in [-0.1, -0.05) is 38.3 Å². The van der Waals surface area contributed by atoms with E-state index in [9.17, 15) is 10.2 Å². The minimum absolute atomic E-state index is 0.289. The van der Waals surface area contributed by atoms with Crippen molar-refractivity contribution in [1.29, 1.82) is 0 Å². The third kappa shape index (κ3) is 3.49. The molecule has 100 valence electrons. The highest BCUT2D eigenvalue weighted by atomic mass is 16.3. The Balaban J connectivity index is 2.00. The molecule has 18 heavy (non-hydrogen) atoms. The van der Waals surface area contributed by atoms with Gasteiger partial charge in [-0.2, -0.15) is 0 Å². The Morgan fingerprint density at radius 2 is 1.89 bits per heavy atom. The van der Waals surface area contributed by atoms with Gasteiger partial charge in [0.2, 0.25) is 0 Å². The van der Waals surface area contributed by atoms with E-state index in [0.29, 0.717) is 6.42 Å². The third-order valence-electron chi connectivity index (χ3n) is 4.32. The molecule has 0 spiro atoms. The standard InChI is InChI=1S/C16H24O2/c1-2-13-4-3-10-16(18,11-9-13)12-14-5-7-15(17)8-6-14/h5-8,13,17-18H,2-4,9-12H2,1H3. The summed E-state index contributed by atoms with van der Waals surface area (Å²) < 4.78 is 0. The molecule has 0 aromatic heterocycles. The average molecular weight is 248 g/mol. The van der Waals surface area contributed by atoms with Crippen molar-refractivity contribution >= 4 is 0 Å². The number of hydrogen-bond donors (Lipinski definition) is 2. The molecule has 1 fully saturated rings. The molecule has 2 atom stereocenters. The maximum absolute atomic E-state index is 10.7. The number of hydrogen-bond acceptors (Lipinski definition) is 2. The summed E-state index contributed by atoms with van der Waals surface area (Å²) in [5, 5.41) is 20.0. The third-order valence-corrected chi connectivity index (χ3v) is 4.32. The zero-order valence-electron chi connectivity index (χ0n) is 11.2. The zero-order valence-corrected chi connectivity index (χ0v) is 11.2. The monoisotopic (exact) mass is 248 g/mol. The minimum Gasteiger partial charge on any atom is -0.508 e. The molecule has 0 bridgehead atoms. The number of aliphatic hydroxyl groups is 1. The van der Waals surface area contributed by atoms with Crippen molar-refractivity contribution < 1.29 is 10.2 Å². The van der Waals surface area contributed by atoms with Crippen molar-refractivity contribution in [2.75, 3.05) is 0 Å². The Hall–Kier alpha value is -1.02. The van der Waals surface area contributed by atoms with Crippen molar-refractivity contribution in [3.63, 3.8) is 0 Å². The van der Waals surface area contributed by atoms with E-state index in [4.69, 9.17) is 0 Å². The van der Waals surface area contributed by atoms with Crippen LogP contribution in [0.1, 0.15) is 51.0 Å². The van der Waals surface area contributed by atoms with Gasteiger partial charge in [-0.3, -0.25) is 0 Å². The highest BCUT2D eigenvalue weighted by Gasteiger charge is 2.30. The number of phenolic OH excluding ortho intramolecular Hbond substituents is 1. The Labute approximate surface area is 110 Å².